The molecule has 24 heavy (non-hydrogen) atoms. The maximum atomic E-state index is 11.7. The Morgan fingerprint density at radius 1 is 1.33 bits per heavy atom. The van der Waals surface area contributed by atoms with Crippen molar-refractivity contribution in [3.63, 3.8) is 0 Å². The van der Waals surface area contributed by atoms with E-state index >= 15 is 0 Å². The topological polar surface area (TPSA) is 96.8 Å². The number of nitrogens with zero attached hydrogens (tertiary/aromatic N) is 3. The lowest BCUT2D eigenvalue weighted by Gasteiger charge is -2.16. The minimum atomic E-state index is -0.506. The number of carbonyl (C=O) groups is 1. The predicted octanol–water partition coefficient (Wildman–Crippen LogP) is 0.721. The molecular formula is C16H18N4O4. The van der Waals surface area contributed by atoms with Crippen LogP contribution in [0, 0.1) is 0 Å². The van der Waals surface area contributed by atoms with E-state index in [1.807, 2.05) is 6.92 Å². The second-order valence-electron chi connectivity index (χ2n) is 4.93. The first kappa shape index (κ1) is 17.2. The molecule has 0 saturated carbocycles. The number of aromatic nitrogens is 2. The Morgan fingerprint density at radius 2 is 2.00 bits per heavy atom. The molecule has 126 valence electrons. The van der Waals surface area contributed by atoms with Gasteiger partial charge < -0.3 is 4.74 Å². The molecular weight excluding hydrogens is 312 g/mol. The summed E-state index contributed by atoms with van der Waals surface area (Å²) in [6.45, 7) is 2.30. The van der Waals surface area contributed by atoms with Crippen LogP contribution in [0.4, 0.5) is 5.82 Å². The standard InChI is InChI=1S/C16H18N4O4/c1-4-20(13-9-14(21)19(2)16(23)18-13)17-10-11-5-7-12(8-6-11)15(22)24-3/h5-10H,4H2,1-3H3,(H,18,23). The number of anilines is 1. The first-order chi connectivity index (χ1) is 11.5. The highest BCUT2D eigenvalue weighted by molar-refractivity contribution is 5.90. The third-order valence-corrected chi connectivity index (χ3v) is 3.39. The summed E-state index contributed by atoms with van der Waals surface area (Å²) in [6, 6.07) is 8.00. The normalized spacial score (nSPS) is 10.8. The van der Waals surface area contributed by atoms with Gasteiger partial charge in [-0.2, -0.15) is 5.10 Å². The molecule has 0 unspecified atom stereocenters. The van der Waals surface area contributed by atoms with Gasteiger partial charge in [-0.15, -0.1) is 0 Å². The van der Waals surface area contributed by atoms with Crippen LogP contribution < -0.4 is 16.3 Å². The van der Waals surface area contributed by atoms with E-state index in [1.165, 1.54) is 25.2 Å². The van der Waals surface area contributed by atoms with Gasteiger partial charge in [0.25, 0.3) is 5.56 Å². The summed E-state index contributed by atoms with van der Waals surface area (Å²) in [5, 5.41) is 5.76. The molecule has 0 bridgehead atoms. The maximum Gasteiger partial charge on any atom is 0.337 e. The fourth-order valence-electron chi connectivity index (χ4n) is 1.96. The van der Waals surface area contributed by atoms with Crippen LogP contribution in [0.2, 0.25) is 0 Å². The Bertz CT molecular complexity index is 834. The van der Waals surface area contributed by atoms with Gasteiger partial charge in [0, 0.05) is 19.7 Å². The number of H-pyrrole nitrogens is 1. The van der Waals surface area contributed by atoms with Crippen LogP contribution >= 0.6 is 0 Å². The van der Waals surface area contributed by atoms with Crippen molar-refractivity contribution < 1.29 is 9.53 Å². The van der Waals surface area contributed by atoms with E-state index in [0.717, 1.165) is 10.1 Å². The predicted molar refractivity (Wildman–Crippen MR) is 90.7 cm³/mol. The molecule has 8 heteroatoms. The van der Waals surface area contributed by atoms with E-state index in [4.69, 9.17) is 0 Å². The van der Waals surface area contributed by atoms with Gasteiger partial charge in [0.2, 0.25) is 0 Å². The van der Waals surface area contributed by atoms with E-state index in [1.54, 1.807) is 30.5 Å². The monoisotopic (exact) mass is 330 g/mol. The van der Waals surface area contributed by atoms with E-state index in [0.29, 0.717) is 17.9 Å². The number of nitrogens with one attached hydrogen (secondary N) is 1. The van der Waals surface area contributed by atoms with E-state index < -0.39 is 17.2 Å². The first-order valence-corrected chi connectivity index (χ1v) is 7.26. The summed E-state index contributed by atoms with van der Waals surface area (Å²) in [6.07, 6.45) is 1.57. The molecule has 8 nitrogen and oxygen atoms in total. The molecule has 0 amide bonds. The average Bonchev–Trinajstić information content (AvgIpc) is 2.60. The average molecular weight is 330 g/mol. The summed E-state index contributed by atoms with van der Waals surface area (Å²) in [5.74, 6) is -0.0978. The molecule has 0 aliphatic carbocycles. The zero-order valence-corrected chi connectivity index (χ0v) is 13.6. The Kier molecular flexibility index (Phi) is 5.31. The van der Waals surface area contributed by atoms with Crippen molar-refractivity contribution in [2.75, 3.05) is 18.7 Å². The second-order valence-corrected chi connectivity index (χ2v) is 4.93. The van der Waals surface area contributed by atoms with Gasteiger partial charge in [-0.3, -0.25) is 14.3 Å². The Morgan fingerprint density at radius 3 is 2.54 bits per heavy atom. The highest BCUT2D eigenvalue weighted by Crippen LogP contribution is 2.07. The van der Waals surface area contributed by atoms with Gasteiger partial charge >= 0.3 is 11.7 Å². The van der Waals surface area contributed by atoms with Crippen LogP contribution in [0.25, 0.3) is 0 Å². The highest BCUT2D eigenvalue weighted by Gasteiger charge is 2.07. The summed E-state index contributed by atoms with van der Waals surface area (Å²) < 4.78 is 5.61. The van der Waals surface area contributed by atoms with E-state index in [2.05, 4.69) is 14.8 Å². The number of benzene rings is 1. The molecule has 0 fully saturated rings. The number of hydrogen-bond acceptors (Lipinski definition) is 6. The summed E-state index contributed by atoms with van der Waals surface area (Å²) in [5.41, 5.74) is 0.281. The molecule has 0 atom stereocenters. The molecule has 0 spiro atoms. The molecule has 0 radical (unpaired) electrons. The van der Waals surface area contributed by atoms with E-state index in [9.17, 15) is 14.4 Å². The molecule has 0 saturated heterocycles. The van der Waals surface area contributed by atoms with Gasteiger partial charge in [0.05, 0.1) is 18.9 Å². The van der Waals surface area contributed by atoms with Crippen molar-refractivity contribution >= 4 is 18.0 Å². The number of hydrazone groups is 1. The van der Waals surface area contributed by atoms with Gasteiger partial charge in [-0.25, -0.2) is 14.6 Å². The zero-order valence-electron chi connectivity index (χ0n) is 13.6. The Hall–Kier alpha value is -3.16. The number of ether oxygens (including phenoxy) is 1. The minimum absolute atomic E-state index is 0.313. The van der Waals surface area contributed by atoms with Gasteiger partial charge in [0.15, 0.2) is 0 Å². The van der Waals surface area contributed by atoms with Crippen molar-refractivity contribution in [1.29, 1.82) is 0 Å². The van der Waals surface area contributed by atoms with Crippen molar-refractivity contribution in [2.24, 2.45) is 12.1 Å². The quantitative estimate of drug-likeness (QED) is 0.495. The van der Waals surface area contributed by atoms with Crippen LogP contribution in [-0.4, -0.2) is 35.4 Å². The van der Waals surface area contributed by atoms with Gasteiger partial charge in [-0.1, -0.05) is 12.1 Å². The number of carbonyl (C=O) groups excluding carboxylic acids is 1. The fourth-order valence-corrected chi connectivity index (χ4v) is 1.96. The molecule has 0 aliphatic rings. The van der Waals surface area contributed by atoms with Gasteiger partial charge in [0.1, 0.15) is 5.82 Å². The number of esters is 1. The number of aromatic amines is 1. The first-order valence-electron chi connectivity index (χ1n) is 7.26. The summed E-state index contributed by atoms with van der Waals surface area (Å²) in [4.78, 5) is 37.4. The molecule has 0 aliphatic heterocycles. The number of hydrogen-bond donors (Lipinski definition) is 1. The van der Waals surface area contributed by atoms with Crippen LogP contribution in [0.3, 0.4) is 0 Å². The third kappa shape index (κ3) is 3.78. The maximum absolute atomic E-state index is 11.7. The third-order valence-electron chi connectivity index (χ3n) is 3.39. The molecule has 1 heterocycles. The van der Waals surface area contributed by atoms with Crippen LogP contribution in [0.1, 0.15) is 22.8 Å². The Labute approximate surface area is 138 Å². The summed E-state index contributed by atoms with van der Waals surface area (Å²) >= 11 is 0. The summed E-state index contributed by atoms with van der Waals surface area (Å²) in [7, 11) is 2.72. The van der Waals surface area contributed by atoms with Crippen LogP contribution in [0.5, 0.6) is 0 Å². The zero-order chi connectivity index (χ0) is 17.7. The van der Waals surface area contributed by atoms with Crippen molar-refractivity contribution in [3.05, 3.63) is 62.3 Å². The smallest absolute Gasteiger partial charge is 0.337 e. The van der Waals surface area contributed by atoms with Crippen molar-refractivity contribution in [3.8, 4) is 0 Å². The lowest BCUT2D eigenvalue weighted by atomic mass is 10.1. The highest BCUT2D eigenvalue weighted by atomic mass is 16.5. The number of methoxy groups -OCH3 is 1. The lowest BCUT2D eigenvalue weighted by Crippen LogP contribution is -2.34. The largest absolute Gasteiger partial charge is 0.465 e. The van der Waals surface area contributed by atoms with E-state index in [-0.39, 0.29) is 0 Å². The Balaban J connectivity index is 2.24. The second kappa shape index (κ2) is 7.40. The molecule has 2 rings (SSSR count). The molecule has 1 N–H and O–H groups in total. The van der Waals surface area contributed by atoms with Crippen LogP contribution in [-0.2, 0) is 11.8 Å². The van der Waals surface area contributed by atoms with Gasteiger partial charge in [-0.05, 0) is 24.6 Å². The lowest BCUT2D eigenvalue weighted by molar-refractivity contribution is 0.0600. The van der Waals surface area contributed by atoms with Crippen molar-refractivity contribution in [2.45, 2.75) is 6.92 Å². The van der Waals surface area contributed by atoms with Crippen LogP contribution in [0.15, 0.2) is 45.0 Å². The molecule has 1 aromatic carbocycles. The molecule has 1 aromatic heterocycles. The fraction of sp³-hybridized carbons (Fsp3) is 0.250. The minimum Gasteiger partial charge on any atom is -0.465 e. The number of rotatable bonds is 5. The SMILES string of the molecule is CCN(N=Cc1ccc(C(=O)OC)cc1)c1cc(=O)n(C)c(=O)[nH]1. The molecule has 2 aromatic rings. The van der Waals surface area contributed by atoms with Crippen molar-refractivity contribution in [1.82, 2.24) is 9.55 Å².